The summed E-state index contributed by atoms with van der Waals surface area (Å²) >= 11 is 3.46. The molecule has 1 aromatic rings. The maximum absolute atomic E-state index is 10.3. The van der Waals surface area contributed by atoms with Gasteiger partial charge in [0.15, 0.2) is 0 Å². The van der Waals surface area contributed by atoms with Crippen LogP contribution in [-0.2, 0) is 4.75 Å². The molecule has 0 amide bonds. The fourth-order valence-electron chi connectivity index (χ4n) is 2.50. The maximum atomic E-state index is 10.3. The van der Waals surface area contributed by atoms with Crippen molar-refractivity contribution in [1.82, 2.24) is 0 Å². The molecule has 2 saturated heterocycles. The van der Waals surface area contributed by atoms with E-state index in [1.165, 1.54) is 5.56 Å². The fraction of sp³-hybridized carbons (Fsp3) is 0.333. The number of hydrogen-bond donors (Lipinski definition) is 2. The summed E-state index contributed by atoms with van der Waals surface area (Å²) in [6.07, 6.45) is 4.34. The van der Waals surface area contributed by atoms with Crippen molar-refractivity contribution in [3.8, 4) is 5.75 Å². The molecule has 0 saturated carbocycles. The molecule has 0 aromatic heterocycles. The van der Waals surface area contributed by atoms with Gasteiger partial charge in [0.25, 0.3) is 0 Å². The summed E-state index contributed by atoms with van der Waals surface area (Å²) in [5.41, 5.74) is 1.18. The van der Waals surface area contributed by atoms with Crippen LogP contribution in [0.5, 0.6) is 5.75 Å². The Morgan fingerprint density at radius 2 is 1.88 bits per heavy atom. The van der Waals surface area contributed by atoms with E-state index in [0.29, 0.717) is 11.0 Å². The average Bonchev–Trinajstić information content (AvgIpc) is 3.11. The van der Waals surface area contributed by atoms with Crippen molar-refractivity contribution in [2.45, 2.75) is 20.2 Å². The molecule has 16 heavy (non-hydrogen) atoms. The van der Waals surface area contributed by atoms with Crippen LogP contribution in [0.15, 0.2) is 36.4 Å². The Labute approximate surface area is 102 Å². The third-order valence-electron chi connectivity index (χ3n) is 3.52. The van der Waals surface area contributed by atoms with E-state index in [1.54, 1.807) is 23.9 Å². The fourth-order valence-corrected chi connectivity index (χ4v) is 5.46. The number of phenolic OH excluding ortho intramolecular Hbond substituents is 1. The lowest BCUT2D eigenvalue weighted by Gasteiger charge is -2.17. The van der Waals surface area contributed by atoms with Crippen LogP contribution in [-0.4, -0.2) is 25.6 Å². The van der Waals surface area contributed by atoms with Gasteiger partial charge in [-0.05, 0) is 17.7 Å². The van der Waals surface area contributed by atoms with E-state index in [-0.39, 0.29) is 10.00 Å². The van der Waals surface area contributed by atoms with Crippen LogP contribution >= 0.6 is 23.5 Å². The number of phenols is 1. The van der Waals surface area contributed by atoms with E-state index < -0.39 is 4.93 Å². The molecule has 4 unspecified atom stereocenters. The highest BCUT2D eigenvalue weighted by Crippen LogP contribution is 2.77. The lowest BCUT2D eigenvalue weighted by molar-refractivity contribution is 0.175. The Hall–Kier alpha value is -0.580. The maximum Gasteiger partial charge on any atom is 0.140 e. The van der Waals surface area contributed by atoms with Crippen molar-refractivity contribution in [2.75, 3.05) is 0 Å². The average molecular weight is 250 g/mol. The van der Waals surface area contributed by atoms with E-state index >= 15 is 0 Å². The molecule has 2 nitrogen and oxygen atoms in total. The van der Waals surface area contributed by atoms with Crippen molar-refractivity contribution in [3.05, 3.63) is 42.0 Å². The molecular formula is C12H10O2S2. The second-order valence-corrected chi connectivity index (χ2v) is 7.27. The van der Waals surface area contributed by atoms with Crippen LogP contribution in [0, 0.1) is 0 Å². The summed E-state index contributed by atoms with van der Waals surface area (Å²) in [4.78, 5) is -0.530. The van der Waals surface area contributed by atoms with Gasteiger partial charge in [0.2, 0.25) is 0 Å². The predicted molar refractivity (Wildman–Crippen MR) is 66.6 cm³/mol. The standard InChI is InChI=1S/C12H10O2S2/c13-8-3-1-7(2-4-8)11-6-5-9-12(14,15-9)10(11)16-11/h1-6,9-10,13-14H. The zero-order chi connectivity index (χ0) is 11.0. The van der Waals surface area contributed by atoms with Crippen molar-refractivity contribution >= 4 is 23.5 Å². The smallest absolute Gasteiger partial charge is 0.140 e. The van der Waals surface area contributed by atoms with E-state index in [1.807, 2.05) is 23.9 Å². The lowest BCUT2D eigenvalue weighted by atomic mass is 9.88. The number of hydrogen-bond acceptors (Lipinski definition) is 4. The molecule has 2 fully saturated rings. The molecule has 4 atom stereocenters. The Morgan fingerprint density at radius 3 is 2.62 bits per heavy atom. The van der Waals surface area contributed by atoms with Gasteiger partial charge in [0.05, 0.1) is 15.2 Å². The van der Waals surface area contributed by atoms with E-state index in [2.05, 4.69) is 12.2 Å². The second kappa shape index (κ2) is 2.63. The molecule has 82 valence electrons. The van der Waals surface area contributed by atoms with Crippen molar-refractivity contribution in [2.24, 2.45) is 0 Å². The summed E-state index contributed by atoms with van der Waals surface area (Å²) in [6.45, 7) is 0. The lowest BCUT2D eigenvalue weighted by Crippen LogP contribution is -2.29. The summed E-state index contributed by atoms with van der Waals surface area (Å²) in [7, 11) is 0. The summed E-state index contributed by atoms with van der Waals surface area (Å²) in [5, 5.41) is 20.2. The first-order valence-electron chi connectivity index (χ1n) is 5.22. The highest BCUT2D eigenvalue weighted by Gasteiger charge is 2.75. The molecule has 3 aliphatic rings. The minimum absolute atomic E-state index is 0.0392. The Morgan fingerprint density at radius 1 is 1.12 bits per heavy atom. The van der Waals surface area contributed by atoms with Crippen molar-refractivity contribution < 1.29 is 10.2 Å². The van der Waals surface area contributed by atoms with Crippen molar-refractivity contribution in [1.29, 1.82) is 0 Å². The summed E-state index contributed by atoms with van der Waals surface area (Å²) in [5.74, 6) is 0.291. The SMILES string of the molecule is Oc1ccc(C23C=CC4SC4(O)C2S3)cc1. The molecule has 2 aliphatic heterocycles. The van der Waals surface area contributed by atoms with Gasteiger partial charge in [-0.15, -0.1) is 23.5 Å². The highest BCUT2D eigenvalue weighted by molar-refractivity contribution is 8.14. The summed E-state index contributed by atoms with van der Waals surface area (Å²) < 4.78 is -0.0392. The van der Waals surface area contributed by atoms with Crippen LogP contribution in [0.2, 0.25) is 0 Å². The number of thioether (sulfide) groups is 2. The van der Waals surface area contributed by atoms with Gasteiger partial charge in [-0.1, -0.05) is 24.3 Å². The van der Waals surface area contributed by atoms with E-state index in [4.69, 9.17) is 0 Å². The number of fused-ring (bicyclic) bond motifs is 3. The minimum Gasteiger partial charge on any atom is -0.508 e. The van der Waals surface area contributed by atoms with Gasteiger partial charge in [-0.3, -0.25) is 0 Å². The molecule has 2 N–H and O–H groups in total. The molecular weight excluding hydrogens is 240 g/mol. The minimum atomic E-state index is -0.530. The second-order valence-electron chi connectivity index (χ2n) is 4.49. The number of benzene rings is 1. The van der Waals surface area contributed by atoms with Crippen LogP contribution in [0.4, 0.5) is 0 Å². The van der Waals surface area contributed by atoms with Gasteiger partial charge >= 0.3 is 0 Å². The Balaban J connectivity index is 1.77. The number of aromatic hydroxyl groups is 1. The van der Waals surface area contributed by atoms with Gasteiger partial charge in [-0.25, -0.2) is 0 Å². The van der Waals surface area contributed by atoms with E-state index in [0.717, 1.165) is 0 Å². The molecule has 0 spiro atoms. The van der Waals surface area contributed by atoms with Gasteiger partial charge in [0.1, 0.15) is 10.7 Å². The molecule has 2 heterocycles. The molecule has 1 aromatic carbocycles. The van der Waals surface area contributed by atoms with E-state index in [9.17, 15) is 10.2 Å². The molecule has 1 aliphatic carbocycles. The summed E-state index contributed by atoms with van der Waals surface area (Å²) in [6, 6.07) is 7.32. The normalized spacial score (nSPS) is 47.1. The van der Waals surface area contributed by atoms with Crippen LogP contribution in [0.3, 0.4) is 0 Å². The Bertz CT molecular complexity index is 498. The Kier molecular flexibility index (Phi) is 1.55. The first-order valence-corrected chi connectivity index (χ1v) is 6.98. The van der Waals surface area contributed by atoms with Crippen LogP contribution < -0.4 is 0 Å². The van der Waals surface area contributed by atoms with Crippen molar-refractivity contribution in [3.63, 3.8) is 0 Å². The molecule has 0 radical (unpaired) electrons. The van der Waals surface area contributed by atoms with Gasteiger partial charge < -0.3 is 10.2 Å². The largest absolute Gasteiger partial charge is 0.508 e. The zero-order valence-electron chi connectivity index (χ0n) is 8.33. The quantitative estimate of drug-likeness (QED) is 0.591. The van der Waals surface area contributed by atoms with Crippen LogP contribution in [0.25, 0.3) is 0 Å². The zero-order valence-corrected chi connectivity index (χ0v) is 9.96. The monoisotopic (exact) mass is 250 g/mol. The topological polar surface area (TPSA) is 40.5 Å². The first-order chi connectivity index (χ1) is 7.65. The van der Waals surface area contributed by atoms with Crippen LogP contribution in [0.1, 0.15) is 5.56 Å². The number of rotatable bonds is 1. The van der Waals surface area contributed by atoms with Gasteiger partial charge in [-0.2, -0.15) is 0 Å². The predicted octanol–water partition coefficient (Wildman–Crippen LogP) is 2.08. The molecule has 4 heteroatoms. The number of aliphatic hydroxyl groups is 1. The highest BCUT2D eigenvalue weighted by atomic mass is 32.2. The molecule has 4 rings (SSSR count). The third-order valence-corrected chi connectivity index (χ3v) is 6.77. The van der Waals surface area contributed by atoms with Gasteiger partial charge in [0, 0.05) is 0 Å². The third kappa shape index (κ3) is 1.00. The first kappa shape index (κ1) is 9.45. The molecule has 0 bridgehead atoms.